The third kappa shape index (κ3) is 3.43. The number of nitrogens with one attached hydrogen (secondary N) is 2. The second-order valence-corrected chi connectivity index (χ2v) is 6.35. The first-order valence-electron chi connectivity index (χ1n) is 8.21. The average Bonchev–Trinajstić information content (AvgIpc) is 2.97. The molecule has 6 nitrogen and oxygen atoms in total. The molecule has 2 atom stereocenters. The van der Waals surface area contributed by atoms with E-state index in [0.717, 1.165) is 34.9 Å². The maximum absolute atomic E-state index is 12.4. The third-order valence-electron chi connectivity index (χ3n) is 4.61. The Bertz CT molecular complexity index is 747. The Morgan fingerprint density at radius 2 is 2.29 bits per heavy atom. The van der Waals surface area contributed by atoms with E-state index in [0.29, 0.717) is 13.2 Å². The molecule has 24 heavy (non-hydrogen) atoms. The minimum absolute atomic E-state index is 0.154. The van der Waals surface area contributed by atoms with Crippen molar-refractivity contribution < 1.29 is 19.4 Å². The Morgan fingerprint density at radius 1 is 1.46 bits per heavy atom. The summed E-state index contributed by atoms with van der Waals surface area (Å²) in [5.74, 6) is -1.46. The highest BCUT2D eigenvalue weighted by Gasteiger charge is 2.31. The van der Waals surface area contributed by atoms with E-state index < -0.39 is 12.0 Å². The summed E-state index contributed by atoms with van der Waals surface area (Å²) in [6.45, 7) is 3.04. The molecule has 0 radical (unpaired) electrons. The van der Waals surface area contributed by atoms with Gasteiger partial charge in [-0.3, -0.25) is 4.79 Å². The van der Waals surface area contributed by atoms with E-state index in [1.54, 1.807) is 0 Å². The lowest BCUT2D eigenvalue weighted by molar-refractivity contribution is -0.145. The first-order chi connectivity index (χ1) is 11.6. The maximum Gasteiger partial charge on any atom is 0.326 e. The van der Waals surface area contributed by atoms with Crippen LogP contribution < -0.4 is 5.32 Å². The van der Waals surface area contributed by atoms with E-state index in [1.165, 1.54) is 0 Å². The molecule has 3 N–H and O–H groups in total. The van der Waals surface area contributed by atoms with Crippen molar-refractivity contribution in [3.8, 4) is 0 Å². The molecule has 3 rings (SSSR count). The molecule has 2 unspecified atom stereocenters. The van der Waals surface area contributed by atoms with Crippen molar-refractivity contribution in [2.75, 3.05) is 13.2 Å². The van der Waals surface area contributed by atoms with Crippen LogP contribution >= 0.6 is 0 Å². The summed E-state index contributed by atoms with van der Waals surface area (Å²) in [7, 11) is 0. The summed E-state index contributed by atoms with van der Waals surface area (Å²) in [4.78, 5) is 27.1. The largest absolute Gasteiger partial charge is 0.480 e. The van der Waals surface area contributed by atoms with E-state index in [1.807, 2.05) is 31.3 Å². The molecule has 1 saturated heterocycles. The van der Waals surface area contributed by atoms with Crippen molar-refractivity contribution in [2.24, 2.45) is 5.92 Å². The normalized spacial score (nSPS) is 19.1. The van der Waals surface area contributed by atoms with Gasteiger partial charge < -0.3 is 20.1 Å². The van der Waals surface area contributed by atoms with Gasteiger partial charge in [0.25, 0.3) is 0 Å². The van der Waals surface area contributed by atoms with Gasteiger partial charge in [0.15, 0.2) is 0 Å². The quantitative estimate of drug-likeness (QED) is 0.782. The maximum atomic E-state index is 12.4. The van der Waals surface area contributed by atoms with Gasteiger partial charge in [-0.15, -0.1) is 0 Å². The Hall–Kier alpha value is -2.34. The molecule has 1 aromatic heterocycles. The van der Waals surface area contributed by atoms with Crippen molar-refractivity contribution in [1.29, 1.82) is 0 Å². The molecule has 0 bridgehead atoms. The van der Waals surface area contributed by atoms with Crippen LogP contribution in [0.4, 0.5) is 0 Å². The van der Waals surface area contributed by atoms with Gasteiger partial charge >= 0.3 is 5.97 Å². The number of carbonyl (C=O) groups excluding carboxylic acids is 1. The number of hydrogen-bond donors (Lipinski definition) is 3. The number of aromatic nitrogens is 1. The predicted octanol–water partition coefficient (Wildman–Crippen LogP) is 2.01. The predicted molar refractivity (Wildman–Crippen MR) is 89.8 cm³/mol. The zero-order valence-electron chi connectivity index (χ0n) is 13.7. The van der Waals surface area contributed by atoms with Gasteiger partial charge in [-0.05, 0) is 30.9 Å². The molecule has 0 saturated carbocycles. The number of amides is 1. The standard InChI is InChI=1S/C18H22N2O4/c1-11-4-2-6-14-13(9-19-16(11)14)8-15(21)20-17(18(22)23)12-5-3-7-24-10-12/h2,4,6,9,12,17,19H,3,5,7-8,10H2,1H3,(H,20,21)(H,22,23). The summed E-state index contributed by atoms with van der Waals surface area (Å²) in [5.41, 5.74) is 2.99. The van der Waals surface area contributed by atoms with Crippen molar-refractivity contribution in [1.82, 2.24) is 10.3 Å². The van der Waals surface area contributed by atoms with Gasteiger partial charge in [-0.25, -0.2) is 4.79 Å². The van der Waals surface area contributed by atoms with E-state index in [2.05, 4.69) is 10.3 Å². The van der Waals surface area contributed by atoms with E-state index in [4.69, 9.17) is 4.74 Å². The zero-order valence-corrected chi connectivity index (χ0v) is 13.7. The monoisotopic (exact) mass is 330 g/mol. The second kappa shape index (κ2) is 7.05. The highest BCUT2D eigenvalue weighted by Crippen LogP contribution is 2.22. The molecule has 0 spiro atoms. The number of carboxylic acids is 1. The van der Waals surface area contributed by atoms with Crippen LogP contribution in [0.3, 0.4) is 0 Å². The van der Waals surface area contributed by atoms with Gasteiger partial charge in [-0.1, -0.05) is 18.2 Å². The first-order valence-corrected chi connectivity index (χ1v) is 8.21. The number of benzene rings is 1. The van der Waals surface area contributed by atoms with Crippen LogP contribution in [-0.2, 0) is 20.7 Å². The fourth-order valence-corrected chi connectivity index (χ4v) is 3.32. The number of aromatic amines is 1. The second-order valence-electron chi connectivity index (χ2n) is 6.35. The Kier molecular flexibility index (Phi) is 4.85. The van der Waals surface area contributed by atoms with E-state index in [-0.39, 0.29) is 18.2 Å². The number of para-hydroxylation sites is 1. The van der Waals surface area contributed by atoms with Gasteiger partial charge in [0.2, 0.25) is 5.91 Å². The number of rotatable bonds is 5. The molecular formula is C18H22N2O4. The minimum Gasteiger partial charge on any atom is -0.480 e. The number of carbonyl (C=O) groups is 2. The summed E-state index contributed by atoms with van der Waals surface area (Å²) >= 11 is 0. The zero-order chi connectivity index (χ0) is 17.1. The topological polar surface area (TPSA) is 91.4 Å². The van der Waals surface area contributed by atoms with Crippen molar-refractivity contribution >= 4 is 22.8 Å². The molecule has 1 aliphatic heterocycles. The summed E-state index contributed by atoms with van der Waals surface area (Å²) < 4.78 is 5.35. The van der Waals surface area contributed by atoms with E-state index in [9.17, 15) is 14.7 Å². The highest BCUT2D eigenvalue weighted by molar-refractivity contribution is 5.91. The van der Waals surface area contributed by atoms with Crippen LogP contribution in [-0.4, -0.2) is 41.2 Å². The number of fused-ring (bicyclic) bond motifs is 1. The minimum atomic E-state index is -1.01. The number of aliphatic carboxylic acids is 1. The fourth-order valence-electron chi connectivity index (χ4n) is 3.32. The van der Waals surface area contributed by atoms with Gasteiger partial charge in [0.05, 0.1) is 13.0 Å². The number of ether oxygens (including phenoxy) is 1. The van der Waals surface area contributed by atoms with Crippen molar-refractivity contribution in [3.63, 3.8) is 0 Å². The first kappa shape index (κ1) is 16.5. The average molecular weight is 330 g/mol. The molecule has 1 aliphatic rings. The molecule has 2 heterocycles. The molecule has 6 heteroatoms. The van der Waals surface area contributed by atoms with Crippen LogP contribution in [0.1, 0.15) is 24.0 Å². The smallest absolute Gasteiger partial charge is 0.326 e. The Balaban J connectivity index is 1.71. The lowest BCUT2D eigenvalue weighted by Gasteiger charge is -2.28. The molecule has 1 fully saturated rings. The van der Waals surface area contributed by atoms with Crippen LogP contribution in [0.25, 0.3) is 10.9 Å². The summed E-state index contributed by atoms with van der Waals surface area (Å²) in [6.07, 6.45) is 3.55. The van der Waals surface area contributed by atoms with Crippen LogP contribution in [0, 0.1) is 12.8 Å². The molecule has 128 valence electrons. The molecule has 1 amide bonds. The van der Waals surface area contributed by atoms with Crippen molar-refractivity contribution in [3.05, 3.63) is 35.5 Å². The molecule has 2 aromatic rings. The summed E-state index contributed by atoms with van der Waals surface area (Å²) in [5, 5.41) is 13.1. The highest BCUT2D eigenvalue weighted by atomic mass is 16.5. The van der Waals surface area contributed by atoms with Gasteiger partial charge in [0, 0.05) is 29.6 Å². The SMILES string of the molecule is Cc1cccc2c(CC(=O)NC(C(=O)O)C3CCCOC3)c[nH]c12. The Labute approximate surface area is 140 Å². The van der Waals surface area contributed by atoms with Crippen LogP contribution in [0.2, 0.25) is 0 Å². The fraction of sp³-hybridized carbons (Fsp3) is 0.444. The van der Waals surface area contributed by atoms with Crippen molar-refractivity contribution in [2.45, 2.75) is 32.2 Å². The lowest BCUT2D eigenvalue weighted by atomic mass is 9.93. The molecule has 1 aromatic carbocycles. The molecular weight excluding hydrogens is 308 g/mol. The molecule has 0 aliphatic carbocycles. The number of aryl methyl sites for hydroxylation is 1. The lowest BCUT2D eigenvalue weighted by Crippen LogP contribution is -2.48. The Morgan fingerprint density at radius 3 is 3.00 bits per heavy atom. The number of hydrogen-bond acceptors (Lipinski definition) is 3. The van der Waals surface area contributed by atoms with E-state index >= 15 is 0 Å². The number of H-pyrrole nitrogens is 1. The van der Waals surface area contributed by atoms with Crippen LogP contribution in [0.15, 0.2) is 24.4 Å². The van der Waals surface area contributed by atoms with Gasteiger partial charge in [-0.2, -0.15) is 0 Å². The van der Waals surface area contributed by atoms with Crippen LogP contribution in [0.5, 0.6) is 0 Å². The summed E-state index contributed by atoms with van der Waals surface area (Å²) in [6, 6.07) is 5.02. The third-order valence-corrected chi connectivity index (χ3v) is 4.61. The van der Waals surface area contributed by atoms with Gasteiger partial charge in [0.1, 0.15) is 6.04 Å². The number of carboxylic acid groups (broad SMARTS) is 1.